The topological polar surface area (TPSA) is 105 Å². The number of piperazine rings is 1. The summed E-state index contributed by atoms with van der Waals surface area (Å²) in [5.74, 6) is 0.820. The zero-order valence-electron chi connectivity index (χ0n) is 21.8. The van der Waals surface area contributed by atoms with Crippen LogP contribution < -0.4 is 15.0 Å². The molecule has 1 fully saturated rings. The Morgan fingerprint density at radius 2 is 1.56 bits per heavy atom. The number of rotatable bonds is 8. The predicted molar refractivity (Wildman–Crippen MR) is 151 cm³/mol. The molecule has 5 rings (SSSR count). The normalized spacial score (nSPS) is 13.3. The average Bonchev–Trinajstić information content (AvgIpc) is 3.45. The van der Waals surface area contributed by atoms with Crippen molar-refractivity contribution in [3.8, 4) is 11.4 Å². The molecule has 3 aromatic carbocycles. The van der Waals surface area contributed by atoms with Gasteiger partial charge in [0.25, 0.3) is 5.91 Å². The molecule has 1 saturated heterocycles. The van der Waals surface area contributed by atoms with Crippen molar-refractivity contribution in [3.05, 3.63) is 83.9 Å². The second-order valence-corrected chi connectivity index (χ2v) is 10.0. The van der Waals surface area contributed by atoms with Crippen LogP contribution in [0.15, 0.2) is 78.0 Å². The quantitative estimate of drug-likeness (QED) is 0.336. The Morgan fingerprint density at radius 1 is 0.897 bits per heavy atom. The predicted octanol–water partition coefficient (Wildman–Crippen LogP) is 3.67. The number of nitrogens with one attached hydrogen (secondary N) is 1. The molecule has 0 aliphatic carbocycles. The fourth-order valence-corrected chi connectivity index (χ4v) is 4.97. The Balaban J connectivity index is 1.10. The number of tetrazole rings is 1. The minimum Gasteiger partial charge on any atom is -0.497 e. The van der Waals surface area contributed by atoms with Gasteiger partial charge in [0.05, 0.1) is 18.6 Å². The van der Waals surface area contributed by atoms with Crippen LogP contribution in [0.5, 0.6) is 5.75 Å². The minimum absolute atomic E-state index is 0.0728. The number of anilines is 2. The standard InChI is InChI=1S/C28H29N7O3S/c1-20-3-5-21(6-4-20)27(37)34-17-15-33(16-18-34)23-9-7-22(8-10-23)29-26(36)19-39-28-30-31-32-35(28)24-11-13-25(38-2)14-12-24/h3-14H,15-19H2,1-2H3,(H,29,36). The van der Waals surface area contributed by atoms with Gasteiger partial charge in [-0.2, -0.15) is 4.68 Å². The zero-order valence-corrected chi connectivity index (χ0v) is 22.6. The Kier molecular flexibility index (Phi) is 8.07. The second-order valence-electron chi connectivity index (χ2n) is 9.10. The summed E-state index contributed by atoms with van der Waals surface area (Å²) in [6.07, 6.45) is 0. The van der Waals surface area contributed by atoms with Crippen LogP contribution in [0, 0.1) is 6.92 Å². The molecule has 10 nitrogen and oxygen atoms in total. The number of hydrogen-bond donors (Lipinski definition) is 1. The molecule has 0 unspecified atom stereocenters. The van der Waals surface area contributed by atoms with Gasteiger partial charge in [0.1, 0.15) is 5.75 Å². The molecule has 0 bridgehead atoms. The molecule has 0 radical (unpaired) electrons. The second kappa shape index (κ2) is 12.0. The molecule has 4 aromatic rings. The van der Waals surface area contributed by atoms with E-state index >= 15 is 0 Å². The van der Waals surface area contributed by atoms with E-state index in [2.05, 4.69) is 25.7 Å². The number of thioether (sulfide) groups is 1. The number of carbonyl (C=O) groups excluding carboxylic acids is 2. The molecule has 0 spiro atoms. The van der Waals surface area contributed by atoms with E-state index in [1.807, 2.05) is 84.6 Å². The van der Waals surface area contributed by atoms with E-state index in [0.29, 0.717) is 23.9 Å². The third-order valence-corrected chi connectivity index (χ3v) is 7.39. The highest BCUT2D eigenvalue weighted by atomic mass is 32.2. The van der Waals surface area contributed by atoms with Crippen molar-refractivity contribution in [1.29, 1.82) is 0 Å². The lowest BCUT2D eigenvalue weighted by atomic mass is 10.1. The van der Waals surface area contributed by atoms with E-state index in [9.17, 15) is 9.59 Å². The van der Waals surface area contributed by atoms with Gasteiger partial charge in [-0.1, -0.05) is 29.5 Å². The molecule has 2 heterocycles. The third-order valence-electron chi connectivity index (χ3n) is 6.47. The third kappa shape index (κ3) is 6.37. The van der Waals surface area contributed by atoms with Gasteiger partial charge in [0.15, 0.2) is 0 Å². The summed E-state index contributed by atoms with van der Waals surface area (Å²) in [6.45, 7) is 4.85. The van der Waals surface area contributed by atoms with E-state index in [4.69, 9.17) is 4.74 Å². The van der Waals surface area contributed by atoms with Gasteiger partial charge >= 0.3 is 0 Å². The highest BCUT2D eigenvalue weighted by Gasteiger charge is 2.22. The van der Waals surface area contributed by atoms with Crippen molar-refractivity contribution in [3.63, 3.8) is 0 Å². The molecule has 1 aromatic heterocycles. The van der Waals surface area contributed by atoms with Gasteiger partial charge in [-0.15, -0.1) is 5.10 Å². The highest BCUT2D eigenvalue weighted by molar-refractivity contribution is 7.99. The van der Waals surface area contributed by atoms with Crippen LogP contribution in [0.1, 0.15) is 15.9 Å². The van der Waals surface area contributed by atoms with Crippen LogP contribution in [-0.4, -0.2) is 76.0 Å². The highest BCUT2D eigenvalue weighted by Crippen LogP contribution is 2.23. The summed E-state index contributed by atoms with van der Waals surface area (Å²) in [6, 6.07) is 22.8. The van der Waals surface area contributed by atoms with Crippen LogP contribution >= 0.6 is 11.8 Å². The molecule has 39 heavy (non-hydrogen) atoms. The van der Waals surface area contributed by atoms with Crippen molar-refractivity contribution in [1.82, 2.24) is 25.1 Å². The average molecular weight is 544 g/mol. The summed E-state index contributed by atoms with van der Waals surface area (Å²) in [5, 5.41) is 15.3. The first kappa shape index (κ1) is 26.2. The summed E-state index contributed by atoms with van der Waals surface area (Å²) in [7, 11) is 1.61. The SMILES string of the molecule is COc1ccc(-n2nnnc2SCC(=O)Nc2ccc(N3CCN(C(=O)c4ccc(C)cc4)CC3)cc2)cc1. The smallest absolute Gasteiger partial charge is 0.253 e. The molecule has 200 valence electrons. The summed E-state index contributed by atoms with van der Waals surface area (Å²) in [5.41, 5.74) is 4.42. The molecular formula is C28H29N7O3S. The van der Waals surface area contributed by atoms with Gasteiger partial charge < -0.3 is 19.9 Å². The maximum atomic E-state index is 12.8. The number of benzene rings is 3. The summed E-state index contributed by atoms with van der Waals surface area (Å²) < 4.78 is 6.77. The van der Waals surface area contributed by atoms with Crippen molar-refractivity contribution in [2.45, 2.75) is 12.1 Å². The molecule has 2 amide bonds. The van der Waals surface area contributed by atoms with E-state index in [-0.39, 0.29) is 17.6 Å². The monoisotopic (exact) mass is 543 g/mol. The van der Waals surface area contributed by atoms with Gasteiger partial charge in [-0.05, 0) is 78.0 Å². The summed E-state index contributed by atoms with van der Waals surface area (Å²) in [4.78, 5) is 29.5. The first-order chi connectivity index (χ1) is 19.0. The molecule has 1 aliphatic rings. The van der Waals surface area contributed by atoms with Gasteiger partial charge in [-0.25, -0.2) is 0 Å². The van der Waals surface area contributed by atoms with Crippen LogP contribution in [0.2, 0.25) is 0 Å². The fraction of sp³-hybridized carbons (Fsp3) is 0.250. The van der Waals surface area contributed by atoms with E-state index in [1.54, 1.807) is 11.8 Å². The number of aromatic nitrogens is 4. The molecule has 0 atom stereocenters. The molecular weight excluding hydrogens is 514 g/mol. The van der Waals surface area contributed by atoms with Crippen LogP contribution in [0.4, 0.5) is 11.4 Å². The number of methoxy groups -OCH3 is 1. The lowest BCUT2D eigenvalue weighted by molar-refractivity contribution is -0.113. The van der Waals surface area contributed by atoms with Gasteiger partial charge in [-0.3, -0.25) is 9.59 Å². The molecule has 1 aliphatic heterocycles. The number of carbonyl (C=O) groups is 2. The van der Waals surface area contributed by atoms with Crippen LogP contribution in [0.25, 0.3) is 5.69 Å². The van der Waals surface area contributed by atoms with E-state index in [0.717, 1.165) is 41.3 Å². The first-order valence-electron chi connectivity index (χ1n) is 12.6. The van der Waals surface area contributed by atoms with Gasteiger partial charge in [0, 0.05) is 43.1 Å². The van der Waals surface area contributed by atoms with Crippen LogP contribution in [0.3, 0.4) is 0 Å². The van der Waals surface area contributed by atoms with Crippen molar-refractivity contribution in [2.75, 3.05) is 49.3 Å². The van der Waals surface area contributed by atoms with Crippen molar-refractivity contribution in [2.24, 2.45) is 0 Å². The molecule has 0 saturated carbocycles. The number of hydrogen-bond acceptors (Lipinski definition) is 8. The van der Waals surface area contributed by atoms with Crippen LogP contribution in [-0.2, 0) is 4.79 Å². The maximum absolute atomic E-state index is 12.8. The number of nitrogens with zero attached hydrogens (tertiary/aromatic N) is 6. The maximum Gasteiger partial charge on any atom is 0.253 e. The fourth-order valence-electron chi connectivity index (χ4n) is 4.28. The minimum atomic E-state index is -0.153. The lowest BCUT2D eigenvalue weighted by Crippen LogP contribution is -2.48. The molecule has 1 N–H and O–H groups in total. The number of aryl methyl sites for hydroxylation is 1. The van der Waals surface area contributed by atoms with E-state index < -0.39 is 0 Å². The van der Waals surface area contributed by atoms with Crippen molar-refractivity contribution >= 4 is 35.0 Å². The van der Waals surface area contributed by atoms with Gasteiger partial charge in [0.2, 0.25) is 11.1 Å². The lowest BCUT2D eigenvalue weighted by Gasteiger charge is -2.36. The number of ether oxygens (including phenoxy) is 1. The Morgan fingerprint density at radius 3 is 2.23 bits per heavy atom. The zero-order chi connectivity index (χ0) is 27.2. The van der Waals surface area contributed by atoms with E-state index in [1.165, 1.54) is 11.8 Å². The Hall–Kier alpha value is -4.38. The van der Waals surface area contributed by atoms with Crippen molar-refractivity contribution < 1.29 is 14.3 Å². The Labute approximate surface area is 230 Å². The largest absolute Gasteiger partial charge is 0.497 e. The number of amides is 2. The Bertz CT molecular complexity index is 1420. The molecule has 11 heteroatoms. The summed E-state index contributed by atoms with van der Waals surface area (Å²) >= 11 is 1.26. The first-order valence-corrected chi connectivity index (χ1v) is 13.5.